The number of aromatic nitrogens is 1. The van der Waals surface area contributed by atoms with Crippen LogP contribution in [0.2, 0.25) is 0 Å². The van der Waals surface area contributed by atoms with Crippen molar-refractivity contribution in [1.82, 2.24) is 4.98 Å². The first-order chi connectivity index (χ1) is 15.5. The fraction of sp³-hybridized carbons (Fsp3) is 0.458. The largest absolute Gasteiger partial charge is 0.484 e. The Morgan fingerprint density at radius 3 is 2.78 bits per heavy atom. The number of aliphatic hydroxyl groups is 1. The summed E-state index contributed by atoms with van der Waals surface area (Å²) < 4.78 is 11.6. The van der Waals surface area contributed by atoms with Gasteiger partial charge >= 0.3 is 0 Å². The quantitative estimate of drug-likeness (QED) is 0.652. The summed E-state index contributed by atoms with van der Waals surface area (Å²) in [6.45, 7) is 1.30. The van der Waals surface area contributed by atoms with Crippen LogP contribution in [0.4, 0.5) is 5.69 Å². The molecule has 1 aliphatic heterocycles. The number of carbonyl (C=O) groups is 2. The van der Waals surface area contributed by atoms with Gasteiger partial charge in [-0.15, -0.1) is 0 Å². The number of anilines is 1. The first-order valence-electron chi connectivity index (χ1n) is 11.1. The van der Waals surface area contributed by atoms with Crippen LogP contribution in [0.15, 0.2) is 36.5 Å². The number of rotatable bonds is 8. The highest BCUT2D eigenvalue weighted by atomic mass is 16.5. The highest BCUT2D eigenvalue weighted by Crippen LogP contribution is 2.38. The van der Waals surface area contributed by atoms with Crippen molar-refractivity contribution in [1.29, 1.82) is 0 Å². The van der Waals surface area contributed by atoms with E-state index in [2.05, 4.69) is 4.98 Å². The number of carbonyl (C=O) groups excluding carboxylic acids is 2. The minimum absolute atomic E-state index is 0.00431. The maximum Gasteiger partial charge on any atom is 0.218 e. The zero-order chi connectivity index (χ0) is 22.2. The van der Waals surface area contributed by atoms with Gasteiger partial charge in [-0.3, -0.25) is 9.59 Å². The second-order valence-electron chi connectivity index (χ2n) is 8.90. The van der Waals surface area contributed by atoms with Crippen LogP contribution in [0.5, 0.6) is 11.6 Å². The third-order valence-electron chi connectivity index (χ3n) is 6.46. The zero-order valence-electron chi connectivity index (χ0n) is 17.8. The van der Waals surface area contributed by atoms with E-state index in [0.29, 0.717) is 49.1 Å². The van der Waals surface area contributed by atoms with Gasteiger partial charge < -0.3 is 25.2 Å². The van der Waals surface area contributed by atoms with Gasteiger partial charge in [0.2, 0.25) is 11.8 Å². The molecular weight excluding hydrogens is 410 g/mol. The summed E-state index contributed by atoms with van der Waals surface area (Å²) in [4.78, 5) is 29.9. The number of nitrogens with zero attached hydrogens (tertiary/aromatic N) is 2. The molecule has 2 heterocycles. The lowest BCUT2D eigenvalue weighted by atomic mass is 9.97. The van der Waals surface area contributed by atoms with Crippen LogP contribution in [-0.2, 0) is 4.79 Å². The van der Waals surface area contributed by atoms with Crippen molar-refractivity contribution in [3.05, 3.63) is 47.7 Å². The van der Waals surface area contributed by atoms with E-state index in [-0.39, 0.29) is 18.1 Å². The van der Waals surface area contributed by atoms with Crippen LogP contribution in [0.1, 0.15) is 53.9 Å². The molecule has 0 radical (unpaired) electrons. The molecule has 1 aromatic carbocycles. The lowest BCUT2D eigenvalue weighted by Crippen LogP contribution is -2.37. The SMILES string of the molecule is NC(=O)CC1CC(=O)c2cc(N3CC[C@@H](Oc4ccc(OCC5CC5)nc4)C3O)ccc21. The van der Waals surface area contributed by atoms with Crippen LogP contribution in [0.3, 0.4) is 0 Å². The Hall–Kier alpha value is -3.13. The number of nitrogens with two attached hydrogens (primary N) is 1. The molecule has 32 heavy (non-hydrogen) atoms. The van der Waals surface area contributed by atoms with Crippen LogP contribution >= 0.6 is 0 Å². The number of hydrogen-bond donors (Lipinski definition) is 2. The van der Waals surface area contributed by atoms with E-state index in [9.17, 15) is 14.7 Å². The molecule has 2 aromatic rings. The summed E-state index contributed by atoms with van der Waals surface area (Å²) in [5, 5.41) is 10.9. The maximum atomic E-state index is 12.5. The molecule has 1 aromatic heterocycles. The predicted octanol–water partition coefficient (Wildman–Crippen LogP) is 2.39. The Morgan fingerprint density at radius 2 is 2.06 bits per heavy atom. The highest BCUT2D eigenvalue weighted by Gasteiger charge is 2.36. The Kier molecular flexibility index (Phi) is 5.46. The van der Waals surface area contributed by atoms with Gasteiger partial charge in [0, 0.05) is 49.0 Å². The van der Waals surface area contributed by atoms with Crippen LogP contribution < -0.4 is 20.1 Å². The molecule has 1 amide bonds. The molecule has 3 aliphatic rings. The van der Waals surface area contributed by atoms with Crippen molar-refractivity contribution in [3.8, 4) is 11.6 Å². The third-order valence-corrected chi connectivity index (χ3v) is 6.46. The molecule has 8 nitrogen and oxygen atoms in total. The molecule has 2 aliphatic carbocycles. The Morgan fingerprint density at radius 1 is 1.22 bits per heavy atom. The van der Waals surface area contributed by atoms with Crippen molar-refractivity contribution in [2.75, 3.05) is 18.1 Å². The van der Waals surface area contributed by atoms with E-state index in [4.69, 9.17) is 15.2 Å². The molecule has 168 valence electrons. The van der Waals surface area contributed by atoms with E-state index < -0.39 is 18.2 Å². The summed E-state index contributed by atoms with van der Waals surface area (Å²) in [6, 6.07) is 9.14. The summed E-state index contributed by atoms with van der Waals surface area (Å²) in [5.41, 5.74) is 7.55. The van der Waals surface area contributed by atoms with Gasteiger partial charge in [-0.25, -0.2) is 4.98 Å². The number of benzene rings is 1. The monoisotopic (exact) mass is 437 g/mol. The van der Waals surface area contributed by atoms with Gasteiger partial charge in [-0.1, -0.05) is 6.07 Å². The Bertz CT molecular complexity index is 1020. The number of Topliss-reactive ketones (excluding diaryl/α,β-unsaturated/α-hetero) is 1. The zero-order valence-corrected chi connectivity index (χ0v) is 17.8. The topological polar surface area (TPSA) is 115 Å². The second-order valence-corrected chi connectivity index (χ2v) is 8.90. The number of fused-ring (bicyclic) bond motifs is 1. The van der Waals surface area contributed by atoms with E-state index in [1.165, 1.54) is 12.8 Å². The molecule has 1 saturated carbocycles. The number of ketones is 1. The third kappa shape index (κ3) is 4.27. The molecule has 1 saturated heterocycles. The van der Waals surface area contributed by atoms with Crippen LogP contribution in [0, 0.1) is 5.92 Å². The molecule has 3 atom stereocenters. The maximum absolute atomic E-state index is 12.5. The molecule has 2 fully saturated rings. The Labute approximate surface area is 186 Å². The van der Waals surface area contributed by atoms with Crippen molar-refractivity contribution in [2.24, 2.45) is 11.7 Å². The molecule has 0 bridgehead atoms. The number of amides is 1. The number of primary amides is 1. The number of hydrogen-bond acceptors (Lipinski definition) is 7. The summed E-state index contributed by atoms with van der Waals surface area (Å²) in [7, 11) is 0. The van der Waals surface area contributed by atoms with Crippen LogP contribution in [0.25, 0.3) is 0 Å². The Balaban J connectivity index is 1.23. The van der Waals surface area contributed by atoms with Gasteiger partial charge in [0.15, 0.2) is 12.0 Å². The van der Waals surface area contributed by atoms with E-state index in [1.54, 1.807) is 24.4 Å². The first kappa shape index (κ1) is 20.8. The second kappa shape index (κ2) is 8.43. The summed E-state index contributed by atoms with van der Waals surface area (Å²) in [5.74, 6) is 1.25. The van der Waals surface area contributed by atoms with Crippen molar-refractivity contribution in [2.45, 2.75) is 50.4 Å². The first-order valence-corrected chi connectivity index (χ1v) is 11.1. The van der Waals surface area contributed by atoms with Gasteiger partial charge in [0.05, 0.1) is 12.8 Å². The van der Waals surface area contributed by atoms with Gasteiger partial charge in [0.25, 0.3) is 0 Å². The predicted molar refractivity (Wildman–Crippen MR) is 117 cm³/mol. The molecule has 0 spiro atoms. The smallest absolute Gasteiger partial charge is 0.218 e. The van der Waals surface area contributed by atoms with E-state index >= 15 is 0 Å². The lowest BCUT2D eigenvalue weighted by Gasteiger charge is -2.26. The normalized spacial score (nSPS) is 24.5. The molecule has 5 rings (SSSR count). The van der Waals surface area contributed by atoms with Crippen LogP contribution in [-0.4, -0.2) is 47.3 Å². The number of aliphatic hydroxyl groups excluding tert-OH is 1. The molecule has 2 unspecified atom stereocenters. The molecular formula is C24H27N3O5. The fourth-order valence-electron chi connectivity index (χ4n) is 4.52. The van der Waals surface area contributed by atoms with E-state index in [0.717, 1.165) is 11.3 Å². The van der Waals surface area contributed by atoms with Gasteiger partial charge in [-0.2, -0.15) is 0 Å². The minimum Gasteiger partial charge on any atom is -0.484 e. The standard InChI is InChI=1S/C24H27N3O5/c25-22(29)10-15-9-20(28)19-11-16(3-5-18(15)19)27-8-7-21(24(27)30)32-17-4-6-23(26-12-17)31-13-14-1-2-14/h3-6,11-12,14-15,21,24,30H,1-2,7-10,13H2,(H2,25,29)/t15?,21-,24?/m1/s1. The van der Waals surface area contributed by atoms with E-state index in [1.807, 2.05) is 17.0 Å². The molecule has 8 heteroatoms. The minimum atomic E-state index is -0.850. The van der Waals surface area contributed by atoms with Crippen molar-refractivity contribution in [3.63, 3.8) is 0 Å². The van der Waals surface area contributed by atoms with Crippen molar-refractivity contribution >= 4 is 17.4 Å². The molecule has 3 N–H and O–H groups in total. The fourth-order valence-corrected chi connectivity index (χ4v) is 4.52. The van der Waals surface area contributed by atoms with Gasteiger partial charge in [0.1, 0.15) is 11.9 Å². The van der Waals surface area contributed by atoms with Crippen molar-refractivity contribution < 1.29 is 24.2 Å². The number of ether oxygens (including phenoxy) is 2. The number of pyridine rings is 1. The average molecular weight is 437 g/mol. The van der Waals surface area contributed by atoms with Gasteiger partial charge in [-0.05, 0) is 42.5 Å². The summed E-state index contributed by atoms with van der Waals surface area (Å²) in [6.07, 6.45) is 3.90. The highest BCUT2D eigenvalue weighted by molar-refractivity contribution is 6.02. The average Bonchev–Trinajstić information content (AvgIpc) is 3.48. The lowest BCUT2D eigenvalue weighted by molar-refractivity contribution is -0.118. The summed E-state index contributed by atoms with van der Waals surface area (Å²) >= 11 is 0.